The molecule has 2 atom stereocenters. The van der Waals surface area contributed by atoms with Gasteiger partial charge in [0, 0.05) is 23.7 Å². The van der Waals surface area contributed by atoms with Crippen LogP contribution in [0.5, 0.6) is 0 Å². The van der Waals surface area contributed by atoms with Gasteiger partial charge in [-0.15, -0.1) is 0 Å². The fourth-order valence-electron chi connectivity index (χ4n) is 3.50. The van der Waals surface area contributed by atoms with E-state index in [0.717, 1.165) is 11.0 Å². The van der Waals surface area contributed by atoms with E-state index in [0.29, 0.717) is 16.7 Å². The summed E-state index contributed by atoms with van der Waals surface area (Å²) < 4.78 is 13.7. The number of H-pyrrole nitrogens is 1. The molecule has 1 saturated heterocycles. The first-order valence-corrected chi connectivity index (χ1v) is 8.76. The molecular formula is C18H15ClFN5O3. The molecule has 3 heterocycles. The molecule has 0 aliphatic carbocycles. The molecule has 2 unspecified atom stereocenters. The van der Waals surface area contributed by atoms with Crippen molar-refractivity contribution in [1.82, 2.24) is 15.0 Å². The zero-order chi connectivity index (χ0) is 20.1. The fourth-order valence-corrected chi connectivity index (χ4v) is 3.74. The molecule has 144 valence electrons. The Morgan fingerprint density at radius 1 is 1.46 bits per heavy atom. The molecule has 10 heteroatoms. The second-order valence-corrected chi connectivity index (χ2v) is 7.10. The number of halogens is 2. The fraction of sp³-hybridized carbons (Fsp3) is 0.222. The maximum atomic E-state index is 13.7. The highest BCUT2D eigenvalue weighted by Crippen LogP contribution is 2.35. The number of benzene rings is 1. The van der Waals surface area contributed by atoms with E-state index in [1.54, 1.807) is 12.3 Å². The lowest BCUT2D eigenvalue weighted by Crippen LogP contribution is -2.54. The Balaban J connectivity index is 1.71. The molecule has 2 aromatic heterocycles. The molecule has 0 radical (unpaired) electrons. The van der Waals surface area contributed by atoms with Crippen molar-refractivity contribution < 1.29 is 19.1 Å². The third kappa shape index (κ3) is 2.88. The molecule has 1 fully saturated rings. The molecule has 4 rings (SSSR count). The highest BCUT2D eigenvalue weighted by Gasteiger charge is 2.58. The van der Waals surface area contributed by atoms with Gasteiger partial charge in [-0.2, -0.15) is 0 Å². The summed E-state index contributed by atoms with van der Waals surface area (Å²) in [6.07, 6.45) is 3.02. The predicted molar refractivity (Wildman–Crippen MR) is 99.0 cm³/mol. The van der Waals surface area contributed by atoms with Crippen molar-refractivity contribution in [2.24, 2.45) is 11.7 Å². The number of aliphatic hydroxyl groups is 1. The summed E-state index contributed by atoms with van der Waals surface area (Å²) in [6, 6.07) is 5.55. The molecular weight excluding hydrogens is 389 g/mol. The predicted octanol–water partition coefficient (Wildman–Crippen LogP) is 1.17. The molecule has 3 aromatic rings. The van der Waals surface area contributed by atoms with E-state index in [9.17, 15) is 19.1 Å². The number of hydrogen-bond acceptors (Lipinski definition) is 5. The van der Waals surface area contributed by atoms with E-state index in [1.807, 2.05) is 0 Å². The average molecular weight is 404 g/mol. The van der Waals surface area contributed by atoms with Gasteiger partial charge >= 0.3 is 0 Å². The first-order valence-electron chi connectivity index (χ1n) is 8.38. The van der Waals surface area contributed by atoms with Gasteiger partial charge in [-0.25, -0.2) is 14.4 Å². The van der Waals surface area contributed by atoms with Crippen molar-refractivity contribution in [3.05, 3.63) is 53.1 Å². The smallest absolute Gasteiger partial charge is 0.270 e. The number of aromatic nitrogens is 3. The van der Waals surface area contributed by atoms with Gasteiger partial charge < -0.3 is 15.8 Å². The van der Waals surface area contributed by atoms with Gasteiger partial charge in [0.1, 0.15) is 11.3 Å². The van der Waals surface area contributed by atoms with Crippen LogP contribution >= 0.6 is 11.6 Å². The van der Waals surface area contributed by atoms with Crippen molar-refractivity contribution in [2.75, 3.05) is 11.4 Å². The van der Waals surface area contributed by atoms with Crippen LogP contribution < -0.4 is 10.6 Å². The average Bonchev–Trinajstić information content (AvgIpc) is 3.19. The van der Waals surface area contributed by atoms with E-state index >= 15 is 0 Å². The molecule has 2 amide bonds. The van der Waals surface area contributed by atoms with Crippen LogP contribution in [0.4, 0.5) is 10.2 Å². The molecule has 28 heavy (non-hydrogen) atoms. The minimum atomic E-state index is -2.45. The van der Waals surface area contributed by atoms with Crippen LogP contribution in [0.2, 0.25) is 5.02 Å². The molecule has 8 nitrogen and oxygen atoms in total. The summed E-state index contributed by atoms with van der Waals surface area (Å²) in [6.45, 7) is -0.0446. The Bertz CT molecular complexity index is 1080. The zero-order valence-corrected chi connectivity index (χ0v) is 15.2. The van der Waals surface area contributed by atoms with Crippen molar-refractivity contribution in [2.45, 2.75) is 12.0 Å². The normalized spacial score (nSPS) is 22.2. The topological polar surface area (TPSA) is 125 Å². The number of nitrogens with one attached hydrogen (secondary N) is 1. The molecule has 0 bridgehead atoms. The monoisotopic (exact) mass is 403 g/mol. The lowest BCUT2D eigenvalue weighted by Gasteiger charge is -2.23. The minimum Gasteiger partial charge on any atom is -0.371 e. The van der Waals surface area contributed by atoms with Crippen LogP contribution in [0, 0.1) is 11.7 Å². The summed E-state index contributed by atoms with van der Waals surface area (Å²) in [5.74, 6) is -3.37. The van der Waals surface area contributed by atoms with E-state index < -0.39 is 29.2 Å². The second kappa shape index (κ2) is 6.54. The largest absolute Gasteiger partial charge is 0.371 e. The number of aromatic amines is 1. The molecule has 1 aliphatic rings. The summed E-state index contributed by atoms with van der Waals surface area (Å²) in [5, 5.41) is 11.0. The Labute approximate surface area is 163 Å². The number of nitrogens with zero attached hydrogens (tertiary/aromatic N) is 3. The third-order valence-corrected chi connectivity index (χ3v) is 5.09. The number of carbonyl (C=O) groups excluding carboxylic acids is 2. The standard InChI is InChI=1S/C18H15ClFN5O3/c19-11-4-9(5-12(20)6-11)3-10-8-25(17(27)18(10,28)16(21)26)14-7-23-15-13(24-14)1-2-22-15/h1-2,4-7,10,28H,3,8H2,(H2,21,26)(H,22,23). The molecule has 0 spiro atoms. The maximum absolute atomic E-state index is 13.7. The van der Waals surface area contributed by atoms with Gasteiger partial charge in [0.15, 0.2) is 11.5 Å². The summed E-state index contributed by atoms with van der Waals surface area (Å²) in [4.78, 5) is 37.4. The number of fused-ring (bicyclic) bond motifs is 1. The van der Waals surface area contributed by atoms with Gasteiger partial charge in [-0.1, -0.05) is 11.6 Å². The van der Waals surface area contributed by atoms with E-state index in [1.165, 1.54) is 18.3 Å². The number of primary amides is 1. The number of carbonyl (C=O) groups is 2. The lowest BCUT2D eigenvalue weighted by atomic mass is 9.84. The highest BCUT2D eigenvalue weighted by atomic mass is 35.5. The van der Waals surface area contributed by atoms with Crippen molar-refractivity contribution in [1.29, 1.82) is 0 Å². The van der Waals surface area contributed by atoms with Gasteiger partial charge in [0.2, 0.25) is 5.60 Å². The Kier molecular flexibility index (Phi) is 4.28. The van der Waals surface area contributed by atoms with Gasteiger partial charge in [-0.3, -0.25) is 14.5 Å². The van der Waals surface area contributed by atoms with Crippen LogP contribution in [0.25, 0.3) is 11.2 Å². The lowest BCUT2D eigenvalue weighted by molar-refractivity contribution is -0.150. The molecule has 0 saturated carbocycles. The number of nitrogens with two attached hydrogens (primary N) is 1. The minimum absolute atomic E-state index is 0.0129. The molecule has 4 N–H and O–H groups in total. The molecule has 1 aliphatic heterocycles. The highest BCUT2D eigenvalue weighted by molar-refractivity contribution is 6.30. The van der Waals surface area contributed by atoms with Crippen LogP contribution in [0.1, 0.15) is 5.56 Å². The Morgan fingerprint density at radius 2 is 2.25 bits per heavy atom. The number of amides is 2. The second-order valence-electron chi connectivity index (χ2n) is 6.66. The number of rotatable bonds is 4. The van der Waals surface area contributed by atoms with Gasteiger partial charge in [-0.05, 0) is 36.2 Å². The molecule has 1 aromatic carbocycles. The maximum Gasteiger partial charge on any atom is 0.270 e. The van der Waals surface area contributed by atoms with Crippen molar-refractivity contribution in [3.63, 3.8) is 0 Å². The quantitative estimate of drug-likeness (QED) is 0.564. The Hall–Kier alpha value is -3.04. The van der Waals surface area contributed by atoms with Gasteiger partial charge in [0.05, 0.1) is 6.20 Å². The third-order valence-electron chi connectivity index (χ3n) is 4.87. The van der Waals surface area contributed by atoms with Crippen LogP contribution in [0.3, 0.4) is 0 Å². The van der Waals surface area contributed by atoms with Crippen molar-refractivity contribution in [3.8, 4) is 0 Å². The first-order chi connectivity index (χ1) is 13.3. The Morgan fingerprint density at radius 3 is 2.96 bits per heavy atom. The zero-order valence-electron chi connectivity index (χ0n) is 14.4. The summed E-state index contributed by atoms with van der Waals surface area (Å²) in [5.41, 5.74) is 4.39. The van der Waals surface area contributed by atoms with Gasteiger partial charge in [0.25, 0.3) is 11.8 Å². The van der Waals surface area contributed by atoms with E-state index in [2.05, 4.69) is 15.0 Å². The number of hydrogen-bond donors (Lipinski definition) is 3. The first kappa shape index (κ1) is 18.3. The van der Waals surface area contributed by atoms with E-state index in [-0.39, 0.29) is 23.8 Å². The van der Waals surface area contributed by atoms with Crippen LogP contribution in [-0.2, 0) is 16.0 Å². The number of anilines is 1. The SMILES string of the molecule is NC(=O)C1(O)C(=O)N(c2cnc3[nH]ccc3n2)CC1Cc1cc(F)cc(Cl)c1. The summed E-state index contributed by atoms with van der Waals surface area (Å²) >= 11 is 5.87. The van der Waals surface area contributed by atoms with Crippen LogP contribution in [0.15, 0.2) is 36.7 Å². The van der Waals surface area contributed by atoms with Crippen molar-refractivity contribution >= 4 is 40.4 Å². The van der Waals surface area contributed by atoms with E-state index in [4.69, 9.17) is 17.3 Å². The van der Waals surface area contributed by atoms with Crippen LogP contribution in [-0.4, -0.2) is 44.0 Å². The summed E-state index contributed by atoms with van der Waals surface area (Å²) in [7, 11) is 0.